The van der Waals surface area contributed by atoms with Gasteiger partial charge >= 0.3 is 5.97 Å². The highest BCUT2D eigenvalue weighted by molar-refractivity contribution is 6.30. The van der Waals surface area contributed by atoms with Crippen LogP contribution in [0.3, 0.4) is 0 Å². The van der Waals surface area contributed by atoms with E-state index in [9.17, 15) is 14.4 Å². The van der Waals surface area contributed by atoms with Crippen molar-refractivity contribution in [2.45, 2.75) is 26.4 Å². The van der Waals surface area contributed by atoms with Gasteiger partial charge < -0.3 is 19.9 Å². The standard InChI is InChI=1S/C23H20ClFN2O4/c1-3-29-23(28)20-13(2)31-22(27)18(11-26)21(20)14-5-8-17(9-6-14)30-12-15-4-7-16(24)10-19(15)25/h4-10,21H,3,12,27H2,1-2H3. The summed E-state index contributed by atoms with van der Waals surface area (Å²) in [6, 6.07) is 13.1. The van der Waals surface area contributed by atoms with Gasteiger partial charge in [0.2, 0.25) is 5.88 Å². The Morgan fingerprint density at radius 1 is 1.29 bits per heavy atom. The molecule has 0 spiro atoms. The molecule has 2 aromatic rings. The lowest BCUT2D eigenvalue weighted by atomic mass is 9.83. The predicted octanol–water partition coefficient (Wildman–Crippen LogP) is 4.70. The molecule has 1 unspecified atom stereocenters. The van der Waals surface area contributed by atoms with Crippen molar-refractivity contribution in [1.82, 2.24) is 0 Å². The first-order valence-corrected chi connectivity index (χ1v) is 9.85. The molecule has 0 saturated carbocycles. The maximum absolute atomic E-state index is 13.9. The number of nitriles is 1. The third-order valence-corrected chi connectivity index (χ3v) is 4.96. The number of carbonyl (C=O) groups excluding carboxylic acids is 1. The first-order valence-electron chi connectivity index (χ1n) is 9.47. The summed E-state index contributed by atoms with van der Waals surface area (Å²) in [7, 11) is 0. The van der Waals surface area contributed by atoms with Gasteiger partial charge in [0.15, 0.2) is 0 Å². The molecule has 0 fully saturated rings. The average Bonchev–Trinajstić information content (AvgIpc) is 2.73. The lowest BCUT2D eigenvalue weighted by Crippen LogP contribution is -2.25. The number of nitrogens with two attached hydrogens (primary N) is 1. The number of hydrogen-bond donors (Lipinski definition) is 1. The molecule has 8 heteroatoms. The zero-order valence-corrected chi connectivity index (χ0v) is 17.7. The zero-order chi connectivity index (χ0) is 22.5. The van der Waals surface area contributed by atoms with E-state index in [1.165, 1.54) is 6.07 Å². The number of rotatable bonds is 6. The fraction of sp³-hybridized carbons (Fsp3) is 0.217. The highest BCUT2D eigenvalue weighted by Crippen LogP contribution is 2.40. The Morgan fingerprint density at radius 2 is 2.00 bits per heavy atom. The Balaban J connectivity index is 1.86. The number of halogens is 2. The minimum Gasteiger partial charge on any atom is -0.489 e. The van der Waals surface area contributed by atoms with E-state index in [0.29, 0.717) is 21.9 Å². The van der Waals surface area contributed by atoms with Crippen molar-refractivity contribution in [3.8, 4) is 11.8 Å². The van der Waals surface area contributed by atoms with E-state index in [1.807, 2.05) is 6.07 Å². The molecule has 2 aromatic carbocycles. The van der Waals surface area contributed by atoms with Crippen LogP contribution in [0.1, 0.15) is 30.9 Å². The Bertz CT molecular complexity index is 1100. The van der Waals surface area contributed by atoms with Crippen LogP contribution in [0.5, 0.6) is 5.75 Å². The highest BCUT2D eigenvalue weighted by atomic mass is 35.5. The van der Waals surface area contributed by atoms with Crippen LogP contribution in [-0.4, -0.2) is 12.6 Å². The first kappa shape index (κ1) is 22.2. The van der Waals surface area contributed by atoms with Crippen molar-refractivity contribution in [2.75, 3.05) is 6.61 Å². The number of carbonyl (C=O) groups is 1. The lowest BCUT2D eigenvalue weighted by molar-refractivity contribution is -0.139. The Labute approximate surface area is 184 Å². The van der Waals surface area contributed by atoms with Gasteiger partial charge in [-0.1, -0.05) is 29.8 Å². The van der Waals surface area contributed by atoms with E-state index in [4.69, 9.17) is 31.5 Å². The molecule has 0 radical (unpaired) electrons. The van der Waals surface area contributed by atoms with Gasteiger partial charge in [-0.3, -0.25) is 0 Å². The molecule has 0 aliphatic carbocycles. The Kier molecular flexibility index (Phi) is 6.83. The molecular formula is C23H20ClFN2O4. The molecule has 2 N–H and O–H groups in total. The largest absolute Gasteiger partial charge is 0.489 e. The van der Waals surface area contributed by atoms with E-state index in [1.54, 1.807) is 50.2 Å². The summed E-state index contributed by atoms with van der Waals surface area (Å²) in [6.45, 7) is 3.48. The monoisotopic (exact) mass is 442 g/mol. The second kappa shape index (κ2) is 9.54. The molecule has 3 rings (SSSR count). The normalized spacial score (nSPS) is 15.9. The molecule has 0 amide bonds. The molecule has 6 nitrogen and oxygen atoms in total. The summed E-state index contributed by atoms with van der Waals surface area (Å²) >= 11 is 5.76. The van der Waals surface area contributed by atoms with Gasteiger partial charge in [0.25, 0.3) is 0 Å². The van der Waals surface area contributed by atoms with Gasteiger partial charge in [0.1, 0.15) is 35.6 Å². The van der Waals surface area contributed by atoms with Crippen LogP contribution in [0.25, 0.3) is 0 Å². The topological polar surface area (TPSA) is 94.6 Å². The van der Waals surface area contributed by atoms with Crippen molar-refractivity contribution in [3.05, 3.63) is 87.2 Å². The Morgan fingerprint density at radius 3 is 2.61 bits per heavy atom. The molecule has 0 aromatic heterocycles. The predicted molar refractivity (Wildman–Crippen MR) is 112 cm³/mol. The van der Waals surface area contributed by atoms with Gasteiger partial charge in [-0.05, 0) is 43.7 Å². The number of nitrogens with zero attached hydrogens (tertiary/aromatic N) is 1. The smallest absolute Gasteiger partial charge is 0.338 e. The second-order valence-corrected chi connectivity index (χ2v) is 7.15. The number of hydrogen-bond acceptors (Lipinski definition) is 6. The maximum Gasteiger partial charge on any atom is 0.338 e. The molecule has 1 aliphatic heterocycles. The van der Waals surface area contributed by atoms with E-state index in [-0.39, 0.29) is 36.0 Å². The van der Waals surface area contributed by atoms with E-state index in [2.05, 4.69) is 0 Å². The van der Waals surface area contributed by atoms with Gasteiger partial charge in [-0.25, -0.2) is 9.18 Å². The Hall–Kier alpha value is -3.50. The van der Waals surface area contributed by atoms with Gasteiger partial charge in [0.05, 0.1) is 18.1 Å². The van der Waals surface area contributed by atoms with Gasteiger partial charge in [0, 0.05) is 10.6 Å². The third kappa shape index (κ3) is 4.81. The minimum absolute atomic E-state index is 0.0169. The van der Waals surface area contributed by atoms with Crippen LogP contribution in [0.2, 0.25) is 5.02 Å². The van der Waals surface area contributed by atoms with Crippen LogP contribution in [0, 0.1) is 17.1 Å². The summed E-state index contributed by atoms with van der Waals surface area (Å²) in [6.07, 6.45) is 0. The maximum atomic E-state index is 13.9. The number of esters is 1. The molecule has 160 valence electrons. The fourth-order valence-electron chi connectivity index (χ4n) is 3.24. The molecule has 1 heterocycles. The van der Waals surface area contributed by atoms with Crippen LogP contribution < -0.4 is 10.5 Å². The zero-order valence-electron chi connectivity index (χ0n) is 16.9. The van der Waals surface area contributed by atoms with Crippen molar-refractivity contribution in [3.63, 3.8) is 0 Å². The summed E-state index contributed by atoms with van der Waals surface area (Å²) in [5.74, 6) is -1.07. The van der Waals surface area contributed by atoms with E-state index >= 15 is 0 Å². The lowest BCUT2D eigenvalue weighted by Gasteiger charge is -2.26. The molecular weight excluding hydrogens is 423 g/mol. The van der Waals surface area contributed by atoms with Crippen molar-refractivity contribution in [1.29, 1.82) is 5.26 Å². The fourth-order valence-corrected chi connectivity index (χ4v) is 3.40. The van der Waals surface area contributed by atoms with Crippen LogP contribution in [0.15, 0.2) is 65.3 Å². The van der Waals surface area contributed by atoms with Gasteiger partial charge in [-0.15, -0.1) is 0 Å². The molecule has 0 bridgehead atoms. The summed E-state index contributed by atoms with van der Waals surface area (Å²) in [5.41, 5.74) is 7.22. The average molecular weight is 443 g/mol. The summed E-state index contributed by atoms with van der Waals surface area (Å²) in [4.78, 5) is 12.5. The van der Waals surface area contributed by atoms with Crippen molar-refractivity contribution in [2.24, 2.45) is 5.73 Å². The first-order chi connectivity index (χ1) is 14.8. The van der Waals surface area contributed by atoms with Crippen molar-refractivity contribution < 1.29 is 23.4 Å². The summed E-state index contributed by atoms with van der Waals surface area (Å²) < 4.78 is 30.1. The van der Waals surface area contributed by atoms with Crippen LogP contribution in [-0.2, 0) is 20.9 Å². The molecule has 1 aliphatic rings. The molecule has 1 atom stereocenters. The third-order valence-electron chi connectivity index (χ3n) is 4.72. The quantitative estimate of drug-likeness (QED) is 0.651. The van der Waals surface area contributed by atoms with Crippen LogP contribution >= 0.6 is 11.6 Å². The highest BCUT2D eigenvalue weighted by Gasteiger charge is 2.36. The molecule has 0 saturated heterocycles. The van der Waals surface area contributed by atoms with E-state index in [0.717, 1.165) is 0 Å². The SMILES string of the molecule is CCOC(=O)C1=C(C)OC(N)=C(C#N)C1c1ccc(OCc2ccc(Cl)cc2F)cc1. The number of allylic oxidation sites excluding steroid dienone is 2. The number of benzene rings is 2. The van der Waals surface area contributed by atoms with Crippen LogP contribution in [0.4, 0.5) is 4.39 Å². The minimum atomic E-state index is -0.736. The second-order valence-electron chi connectivity index (χ2n) is 6.71. The number of ether oxygens (including phenoxy) is 3. The van der Waals surface area contributed by atoms with Gasteiger partial charge in [-0.2, -0.15) is 5.26 Å². The van der Waals surface area contributed by atoms with E-state index < -0.39 is 17.7 Å². The molecule has 31 heavy (non-hydrogen) atoms. The summed E-state index contributed by atoms with van der Waals surface area (Å²) in [5, 5.41) is 9.92. The van der Waals surface area contributed by atoms with Crippen molar-refractivity contribution >= 4 is 17.6 Å².